The van der Waals surface area contributed by atoms with Crippen molar-refractivity contribution in [1.82, 2.24) is 15.5 Å². The molecule has 0 bridgehead atoms. The Morgan fingerprint density at radius 3 is 2.78 bits per heavy atom. The van der Waals surface area contributed by atoms with E-state index >= 15 is 0 Å². The molecule has 96 valence electrons. The number of nitrogens with one attached hydrogen (secondary N) is 2. The summed E-state index contributed by atoms with van der Waals surface area (Å²) in [5.41, 5.74) is 0.0310. The number of benzene rings is 1. The lowest BCUT2D eigenvalue weighted by Gasteiger charge is -2.06. The first kappa shape index (κ1) is 12.4. The molecule has 1 aromatic carbocycles. The van der Waals surface area contributed by atoms with E-state index in [9.17, 15) is 8.78 Å². The number of anilines is 2. The van der Waals surface area contributed by atoms with E-state index in [0.29, 0.717) is 18.0 Å². The van der Waals surface area contributed by atoms with Gasteiger partial charge in [-0.15, -0.1) is 5.10 Å². The van der Waals surface area contributed by atoms with Crippen LogP contribution in [0.5, 0.6) is 0 Å². The normalized spacial score (nSPS) is 10.7. The highest BCUT2D eigenvalue weighted by atomic mass is 19.1. The molecule has 0 fully saturated rings. The minimum Gasteiger partial charge on any atom is -0.406 e. The SMILES string of the molecule is CNCc1nnc(Nc2c(F)ccc(C)c2F)o1. The van der Waals surface area contributed by atoms with Gasteiger partial charge in [-0.3, -0.25) is 0 Å². The van der Waals surface area contributed by atoms with Gasteiger partial charge in [0, 0.05) is 0 Å². The van der Waals surface area contributed by atoms with Gasteiger partial charge in [0.1, 0.15) is 11.5 Å². The van der Waals surface area contributed by atoms with Gasteiger partial charge in [0.2, 0.25) is 5.89 Å². The van der Waals surface area contributed by atoms with E-state index < -0.39 is 11.6 Å². The first-order chi connectivity index (χ1) is 8.61. The van der Waals surface area contributed by atoms with Crippen molar-refractivity contribution in [3.8, 4) is 0 Å². The minimum atomic E-state index is -0.716. The van der Waals surface area contributed by atoms with Crippen molar-refractivity contribution in [3.63, 3.8) is 0 Å². The van der Waals surface area contributed by atoms with Crippen LogP contribution in [0.3, 0.4) is 0 Å². The van der Waals surface area contributed by atoms with E-state index in [1.807, 2.05) is 0 Å². The maximum absolute atomic E-state index is 13.7. The fraction of sp³-hybridized carbons (Fsp3) is 0.273. The minimum absolute atomic E-state index is 0.0522. The largest absolute Gasteiger partial charge is 0.406 e. The molecule has 0 unspecified atom stereocenters. The Bertz CT molecular complexity index is 556. The average molecular weight is 254 g/mol. The van der Waals surface area contributed by atoms with Gasteiger partial charge in [-0.05, 0) is 25.6 Å². The summed E-state index contributed by atoms with van der Waals surface area (Å²) in [4.78, 5) is 0. The molecule has 1 aromatic heterocycles. The second-order valence-corrected chi connectivity index (χ2v) is 3.71. The van der Waals surface area contributed by atoms with Gasteiger partial charge in [0.15, 0.2) is 5.82 Å². The van der Waals surface area contributed by atoms with Crippen LogP contribution in [-0.2, 0) is 6.54 Å². The molecule has 0 aliphatic heterocycles. The molecule has 1 heterocycles. The van der Waals surface area contributed by atoms with Crippen molar-refractivity contribution in [3.05, 3.63) is 35.2 Å². The number of rotatable bonds is 4. The lowest BCUT2D eigenvalue weighted by molar-refractivity contribution is 0.491. The van der Waals surface area contributed by atoms with Crippen LogP contribution in [0.2, 0.25) is 0 Å². The molecule has 0 aliphatic rings. The number of nitrogens with zero attached hydrogens (tertiary/aromatic N) is 2. The number of halogens is 2. The van der Waals surface area contributed by atoms with Gasteiger partial charge < -0.3 is 15.1 Å². The Labute approximate surface area is 102 Å². The topological polar surface area (TPSA) is 63.0 Å². The van der Waals surface area contributed by atoms with E-state index in [1.54, 1.807) is 14.0 Å². The van der Waals surface area contributed by atoms with Gasteiger partial charge in [-0.1, -0.05) is 11.2 Å². The number of aryl methyl sites for hydroxylation is 1. The molecule has 7 heteroatoms. The molecule has 0 aliphatic carbocycles. The molecule has 18 heavy (non-hydrogen) atoms. The molecule has 5 nitrogen and oxygen atoms in total. The molecular weight excluding hydrogens is 242 g/mol. The van der Waals surface area contributed by atoms with E-state index in [0.717, 1.165) is 0 Å². The Morgan fingerprint density at radius 2 is 2.06 bits per heavy atom. The number of hydrogen-bond donors (Lipinski definition) is 2. The van der Waals surface area contributed by atoms with E-state index in [4.69, 9.17) is 4.42 Å². The molecule has 0 amide bonds. The molecule has 2 aromatic rings. The zero-order valence-corrected chi connectivity index (χ0v) is 9.92. The average Bonchev–Trinajstić information content (AvgIpc) is 2.78. The standard InChI is InChI=1S/C11H12F2N4O/c1-6-3-4-7(12)10(9(6)13)15-11-17-16-8(18-11)5-14-2/h3-4,14H,5H2,1-2H3,(H,15,17). The predicted molar refractivity (Wildman–Crippen MR) is 61.4 cm³/mol. The van der Waals surface area contributed by atoms with Crippen LogP contribution >= 0.6 is 0 Å². The summed E-state index contributed by atoms with van der Waals surface area (Å²) in [5, 5.41) is 12.6. The van der Waals surface area contributed by atoms with E-state index in [1.165, 1.54) is 12.1 Å². The third-order valence-corrected chi connectivity index (χ3v) is 2.31. The van der Waals surface area contributed by atoms with E-state index in [2.05, 4.69) is 20.8 Å². The zero-order valence-electron chi connectivity index (χ0n) is 9.92. The Morgan fingerprint density at radius 1 is 1.28 bits per heavy atom. The van der Waals surface area contributed by atoms with Crippen LogP contribution < -0.4 is 10.6 Å². The fourth-order valence-corrected chi connectivity index (χ4v) is 1.40. The zero-order chi connectivity index (χ0) is 13.1. The Balaban J connectivity index is 2.25. The third kappa shape index (κ3) is 2.45. The second-order valence-electron chi connectivity index (χ2n) is 3.71. The molecule has 0 spiro atoms. The molecule has 2 rings (SSSR count). The maximum atomic E-state index is 13.7. The van der Waals surface area contributed by atoms with Gasteiger partial charge in [0.05, 0.1) is 6.54 Å². The smallest absolute Gasteiger partial charge is 0.320 e. The van der Waals surface area contributed by atoms with Crippen molar-refractivity contribution >= 4 is 11.7 Å². The lowest BCUT2D eigenvalue weighted by Crippen LogP contribution is -2.04. The highest BCUT2D eigenvalue weighted by Gasteiger charge is 2.14. The van der Waals surface area contributed by atoms with Crippen molar-refractivity contribution in [2.45, 2.75) is 13.5 Å². The summed E-state index contributed by atoms with van der Waals surface area (Å²) >= 11 is 0. The maximum Gasteiger partial charge on any atom is 0.320 e. The Hall–Kier alpha value is -2.02. The summed E-state index contributed by atoms with van der Waals surface area (Å²) in [6, 6.07) is 2.48. The van der Waals surface area contributed by atoms with Crippen LogP contribution in [0.15, 0.2) is 16.5 Å². The summed E-state index contributed by atoms with van der Waals surface area (Å²) < 4.78 is 32.3. The lowest BCUT2D eigenvalue weighted by atomic mass is 10.2. The fourth-order valence-electron chi connectivity index (χ4n) is 1.40. The summed E-state index contributed by atoms with van der Waals surface area (Å²) in [7, 11) is 1.72. The molecular formula is C11H12F2N4O. The van der Waals surface area contributed by atoms with Crippen LogP contribution in [0.1, 0.15) is 11.5 Å². The highest BCUT2D eigenvalue weighted by molar-refractivity contribution is 5.55. The van der Waals surface area contributed by atoms with Crippen molar-refractivity contribution in [1.29, 1.82) is 0 Å². The molecule has 0 radical (unpaired) electrons. The first-order valence-corrected chi connectivity index (χ1v) is 5.30. The quantitative estimate of drug-likeness (QED) is 0.875. The highest BCUT2D eigenvalue weighted by Crippen LogP contribution is 2.24. The predicted octanol–water partition coefficient (Wildman–Crippen LogP) is 2.12. The second kappa shape index (κ2) is 5.09. The van der Waals surface area contributed by atoms with Crippen LogP contribution in [0.4, 0.5) is 20.5 Å². The number of hydrogen-bond acceptors (Lipinski definition) is 5. The van der Waals surface area contributed by atoms with Crippen LogP contribution in [-0.4, -0.2) is 17.2 Å². The van der Waals surface area contributed by atoms with Crippen LogP contribution in [0, 0.1) is 18.6 Å². The van der Waals surface area contributed by atoms with E-state index in [-0.39, 0.29) is 11.7 Å². The summed E-state index contributed by atoms with van der Waals surface area (Å²) in [6.07, 6.45) is 0. The molecule has 0 saturated carbocycles. The number of aromatic nitrogens is 2. The summed E-state index contributed by atoms with van der Waals surface area (Å²) in [5.74, 6) is -1.07. The van der Waals surface area contributed by atoms with Gasteiger partial charge in [-0.25, -0.2) is 8.78 Å². The molecule has 0 saturated heterocycles. The van der Waals surface area contributed by atoms with Gasteiger partial charge >= 0.3 is 6.01 Å². The third-order valence-electron chi connectivity index (χ3n) is 2.31. The van der Waals surface area contributed by atoms with Crippen molar-refractivity contribution in [2.24, 2.45) is 0 Å². The van der Waals surface area contributed by atoms with Crippen molar-refractivity contribution in [2.75, 3.05) is 12.4 Å². The summed E-state index contributed by atoms with van der Waals surface area (Å²) in [6.45, 7) is 1.92. The molecule has 0 atom stereocenters. The Kier molecular flexibility index (Phi) is 3.52. The molecule has 2 N–H and O–H groups in total. The van der Waals surface area contributed by atoms with Gasteiger partial charge in [-0.2, -0.15) is 0 Å². The van der Waals surface area contributed by atoms with Crippen molar-refractivity contribution < 1.29 is 13.2 Å². The monoisotopic (exact) mass is 254 g/mol. The first-order valence-electron chi connectivity index (χ1n) is 5.30. The van der Waals surface area contributed by atoms with Crippen LogP contribution in [0.25, 0.3) is 0 Å². The van der Waals surface area contributed by atoms with Gasteiger partial charge in [0.25, 0.3) is 0 Å².